The summed E-state index contributed by atoms with van der Waals surface area (Å²) in [4.78, 5) is 3.91. The van der Waals surface area contributed by atoms with E-state index in [0.717, 1.165) is 78.1 Å². The van der Waals surface area contributed by atoms with Crippen molar-refractivity contribution in [3.8, 4) is 73.5 Å². The summed E-state index contributed by atoms with van der Waals surface area (Å²) in [6.45, 7) is 2.03. The van der Waals surface area contributed by atoms with Gasteiger partial charge in [-0.3, -0.25) is 0 Å². The number of rotatable bonds is 20. The summed E-state index contributed by atoms with van der Waals surface area (Å²) < 4.78 is 230. The van der Waals surface area contributed by atoms with Gasteiger partial charge >= 0.3 is 272 Å². The summed E-state index contributed by atoms with van der Waals surface area (Å²) in [7, 11) is -30.5. The molecule has 0 spiro atoms. The van der Waals surface area contributed by atoms with E-state index in [9.17, 15) is 64.9 Å². The molecule has 5 heterocycles. The largest absolute Gasteiger partial charge is 1.00 e. The Morgan fingerprint density at radius 1 is 0.328 bits per heavy atom. The van der Waals surface area contributed by atoms with Crippen LogP contribution in [0.4, 0.5) is 0 Å². The smallest absolute Gasteiger partial charge is 0.744 e. The van der Waals surface area contributed by atoms with Gasteiger partial charge in [0.25, 0.3) is 0 Å². The Balaban J connectivity index is 0.000000405. The first-order valence-electron chi connectivity index (χ1n) is 36.6. The molecule has 17 rings (SSSR count). The summed E-state index contributed by atoms with van der Waals surface area (Å²) in [5, 5.41) is 45.4. The average Bonchev–Trinajstić information content (AvgIpc) is 1.62. The topological polar surface area (TPSA) is 542 Å². The van der Waals surface area contributed by atoms with Gasteiger partial charge in [-0.1, -0.05) is 202 Å². The van der Waals surface area contributed by atoms with Crippen molar-refractivity contribution in [2.75, 3.05) is 0 Å². The minimum atomic E-state index is -5.09. The summed E-state index contributed by atoms with van der Waals surface area (Å²) in [6, 6.07) is 78.4. The van der Waals surface area contributed by atoms with Crippen LogP contribution in [0.5, 0.6) is 0 Å². The Kier molecular flexibility index (Phi) is 49.3. The van der Waals surface area contributed by atoms with Gasteiger partial charge in [-0.25, -0.2) is 42.1 Å². The molecule has 0 bridgehead atoms. The second kappa shape index (κ2) is 55.1. The van der Waals surface area contributed by atoms with Crippen LogP contribution in [0.25, 0.3) is 132 Å². The van der Waals surface area contributed by atoms with Gasteiger partial charge in [0.15, 0.2) is 0 Å². The van der Waals surface area contributed by atoms with Crippen molar-refractivity contribution in [2.24, 2.45) is 0 Å². The number of nitrogens with zero attached hydrogens (tertiary/aromatic N) is 15. The molecular weight excluding hydrogens is 2010 g/mol. The third-order valence-corrected chi connectivity index (χ3v) is 22.7. The van der Waals surface area contributed by atoms with E-state index >= 15 is 0 Å². The SMILES string of the molecule is C.C.Cc1ccc2c(ccc3nn(-c4ccc(C=Cc5ccccc5)c(S(=O)(=O)[O-])c4)nc32)c1.O=S(=O)([O-])c1cc(-n2ncc(-c3ccccc3)n2)ccc1C=Cc1[c-]cc(-n2ncc(-c3ccccc3)n2)cc1.O=S(=O)([O-])c1ccc(-c2cnn(-c3ccc(C=Cc4ccc(-n5ncc(-c6cc[c-]cc6)n5)cc4S(=O)(=O)[O-])c(S(=O)(=O)[O-])c3)n2)cc1.O=S(=O)=O.O=S(=O)=O.[K+].[K+].[Na+].[Na+].[Na+].[Na+].[Na+]. The van der Waals surface area contributed by atoms with Crippen LogP contribution in [-0.2, 0) is 71.8 Å². The molecule has 5 aromatic heterocycles. The minimum Gasteiger partial charge on any atom is -0.744 e. The maximum absolute atomic E-state index is 12.2. The zero-order chi connectivity index (χ0) is 91.2. The quantitative estimate of drug-likeness (QED) is 0.0296. The Hall–Kier alpha value is -6.86. The average molecular weight is 2070 g/mol. The summed E-state index contributed by atoms with van der Waals surface area (Å²) >= 11 is 0. The number of hydrogen-bond acceptors (Lipinski definition) is 31. The van der Waals surface area contributed by atoms with Crippen LogP contribution in [0.1, 0.15) is 53.8 Å². The van der Waals surface area contributed by atoms with Gasteiger partial charge in [0.05, 0.1) is 77.7 Å². The van der Waals surface area contributed by atoms with Crippen molar-refractivity contribution in [2.45, 2.75) is 46.3 Å². The molecule has 0 radical (unpaired) electrons. The van der Waals surface area contributed by atoms with Crippen molar-refractivity contribution in [3.05, 3.63) is 337 Å². The van der Waals surface area contributed by atoms with Crippen molar-refractivity contribution in [3.63, 3.8) is 0 Å². The van der Waals surface area contributed by atoms with Crippen LogP contribution in [0.2, 0.25) is 0 Å². The predicted octanol–water partition coefficient (Wildman–Crippen LogP) is -8.83. The number of hydrogen-bond donors (Lipinski definition) is 0. The molecule has 0 fully saturated rings. The molecule has 17 aromatic rings. The van der Waals surface area contributed by atoms with Crippen LogP contribution >= 0.6 is 0 Å². The fourth-order valence-electron chi connectivity index (χ4n) is 12.4. The first-order valence-corrected chi connectivity index (χ1v) is 45.7. The van der Waals surface area contributed by atoms with Crippen molar-refractivity contribution in [1.82, 2.24) is 75.0 Å². The van der Waals surface area contributed by atoms with E-state index in [1.54, 1.807) is 97.4 Å². The molecule has 0 saturated heterocycles. The van der Waals surface area contributed by atoms with Gasteiger partial charge < -0.3 is 22.8 Å². The molecule has 50 heteroatoms. The van der Waals surface area contributed by atoms with E-state index in [2.05, 4.69) is 69.2 Å². The van der Waals surface area contributed by atoms with Gasteiger partial charge in [0.2, 0.25) is 0 Å². The summed E-state index contributed by atoms with van der Waals surface area (Å²) in [5.74, 6) is 0. The summed E-state index contributed by atoms with van der Waals surface area (Å²) in [6.07, 6.45) is 15.0. The van der Waals surface area contributed by atoms with Gasteiger partial charge in [-0.05, 0) is 107 Å². The molecule has 0 amide bonds. The normalized spacial score (nSPS) is 11.0. The van der Waals surface area contributed by atoms with E-state index in [4.69, 9.17) is 25.3 Å². The maximum atomic E-state index is 12.2. The van der Waals surface area contributed by atoms with E-state index in [0.29, 0.717) is 56.2 Å². The molecule has 0 saturated carbocycles. The van der Waals surface area contributed by atoms with Gasteiger partial charge in [-0.2, -0.15) is 90.5 Å². The van der Waals surface area contributed by atoms with E-state index in [1.165, 1.54) is 87.5 Å². The molecule has 0 N–H and O–H groups in total. The standard InChI is InChI=1S/C30H21N6O9S3.C30H21N6O3S.C25H19N3O3S.2CH4.2K.5Na.2O3S/c37-46(38,39)26-14-10-21(11-15-26)28-19-32-36(34-28)25-13-9-23(30(17-25)48(43,44)45)7-6-22-8-12-24(16-29(22)47(40,41)42)35-31-18-27(33-35)20-4-2-1-3-5-20;37-40(38,39)30-19-27(36-32-21-29(34-36)24-9-5-2-6-10-24)18-15-25(30)14-11-22-12-16-26(17-13-22)35-31-20-28(33-35)23-7-3-1-4-8-23;1-17-7-13-22-20(15-17)11-14-23-25(22)27-28(26-23)21-12-10-19(24(16-21)32(29,30)31)9-8-18-5-3-2-4-6-18;;;;;;;;;;2*1-4(2)3/h2-19H,(H,37,38,39)(H,40,41,42)(H,43,44,45);1-12,14-21H,(H,37,38,39);2-16H,1H3,(H,29,30,31);2*1H4;;;;;;;;;/q2*-1;;;;7*+1;;/p-5. The Labute approximate surface area is 986 Å². The van der Waals surface area contributed by atoms with Gasteiger partial charge in [-0.15, -0.1) is 81.6 Å². The second-order valence-electron chi connectivity index (χ2n) is 26.7. The van der Waals surface area contributed by atoms with Crippen LogP contribution < -0.4 is 251 Å². The van der Waals surface area contributed by atoms with Crippen LogP contribution in [0.15, 0.2) is 310 Å². The minimum absolute atomic E-state index is 0. The number of aromatic nitrogens is 15. The fourth-order valence-corrected chi connectivity index (χ4v) is 15.6. The molecule has 662 valence electrons. The van der Waals surface area contributed by atoms with Crippen LogP contribution in [0.3, 0.4) is 0 Å². The number of benzene rings is 12. The molecule has 0 unspecified atom stereocenters. The monoisotopic (exact) mass is 2070 g/mol. The van der Waals surface area contributed by atoms with E-state index < -0.39 is 86.5 Å². The molecule has 0 aliphatic carbocycles. The molecule has 0 atom stereocenters. The molecule has 36 nitrogen and oxygen atoms in total. The fraction of sp³-hybridized carbons (Fsp3) is 0.0345. The third-order valence-electron chi connectivity index (χ3n) is 18.3. The van der Waals surface area contributed by atoms with E-state index in [-0.39, 0.29) is 309 Å². The second-order valence-corrected chi connectivity index (χ2v) is 34.3. The first-order chi connectivity index (χ1) is 60.9. The first kappa shape index (κ1) is 122. The maximum Gasteiger partial charge on any atom is 1.00 e. The zero-order valence-electron chi connectivity index (χ0n) is 72.2. The Morgan fingerprint density at radius 3 is 1.03 bits per heavy atom. The molecular formula is C87H64K2N15Na5O21S7. The van der Waals surface area contributed by atoms with Crippen molar-refractivity contribution < 1.29 is 341 Å². The van der Waals surface area contributed by atoms with Gasteiger partial charge in [0, 0.05) is 27.8 Å². The molecule has 12 aromatic carbocycles. The molecule has 0 aliphatic rings. The van der Waals surface area contributed by atoms with Gasteiger partial charge in [0.1, 0.15) is 78.7 Å². The number of fused-ring (bicyclic) bond motifs is 3. The molecule has 0 aliphatic heterocycles. The molecule has 137 heavy (non-hydrogen) atoms. The predicted molar refractivity (Wildman–Crippen MR) is 472 cm³/mol. The number of aryl methyl sites for hydroxylation is 1. The van der Waals surface area contributed by atoms with Crippen LogP contribution in [-0.4, -0.2) is 165 Å². The van der Waals surface area contributed by atoms with Crippen molar-refractivity contribution >= 4 is 130 Å². The van der Waals surface area contributed by atoms with E-state index in [1.807, 2.05) is 128 Å². The zero-order valence-corrected chi connectivity index (χ0v) is 94.2. The summed E-state index contributed by atoms with van der Waals surface area (Å²) in [5.41, 5.74) is 11.2. The van der Waals surface area contributed by atoms with Crippen LogP contribution in [0, 0.1) is 19.1 Å². The van der Waals surface area contributed by atoms with Crippen molar-refractivity contribution in [1.29, 1.82) is 0 Å². The Bertz CT molecular complexity index is 8000. The Morgan fingerprint density at radius 2 is 0.664 bits per heavy atom. The third kappa shape index (κ3) is 33.9.